The Morgan fingerprint density at radius 2 is 1.75 bits per heavy atom. The zero-order valence-corrected chi connectivity index (χ0v) is 13.4. The lowest BCUT2D eigenvalue weighted by molar-refractivity contribution is 0.0991. The van der Waals surface area contributed by atoms with Crippen LogP contribution in [-0.2, 0) is 6.42 Å². The van der Waals surface area contributed by atoms with Crippen LogP contribution in [-0.4, -0.2) is 11.8 Å². The maximum absolute atomic E-state index is 14.3. The first kappa shape index (κ1) is 16.2. The van der Waals surface area contributed by atoms with Crippen LogP contribution in [0.3, 0.4) is 0 Å². The van der Waals surface area contributed by atoms with Crippen molar-refractivity contribution in [3.63, 3.8) is 0 Å². The third-order valence-corrected chi connectivity index (χ3v) is 4.54. The molecule has 0 unspecified atom stereocenters. The molecule has 0 aromatic heterocycles. The molecule has 2 amide bonds. The molecule has 4 nitrogen and oxygen atoms in total. The first-order chi connectivity index (χ1) is 11.4. The van der Waals surface area contributed by atoms with Gasteiger partial charge >= 0.3 is 0 Å². The molecule has 124 valence electrons. The fourth-order valence-corrected chi connectivity index (χ4v) is 3.04. The van der Waals surface area contributed by atoms with Crippen molar-refractivity contribution in [2.45, 2.75) is 26.2 Å². The SMILES string of the molecule is Cc1c(F)cc(C(N)=O)c(CC2CC2)c1-c1ccc(C(N)=O)cc1. The highest BCUT2D eigenvalue weighted by atomic mass is 19.1. The van der Waals surface area contributed by atoms with Gasteiger partial charge in [-0.2, -0.15) is 0 Å². The van der Waals surface area contributed by atoms with Crippen LogP contribution in [0.1, 0.15) is 44.7 Å². The lowest BCUT2D eigenvalue weighted by atomic mass is 9.87. The summed E-state index contributed by atoms with van der Waals surface area (Å²) in [6.45, 7) is 1.69. The van der Waals surface area contributed by atoms with E-state index in [9.17, 15) is 14.0 Å². The van der Waals surface area contributed by atoms with Gasteiger partial charge < -0.3 is 11.5 Å². The van der Waals surface area contributed by atoms with Crippen molar-refractivity contribution in [2.75, 3.05) is 0 Å². The van der Waals surface area contributed by atoms with Crippen molar-refractivity contribution in [3.8, 4) is 11.1 Å². The number of hydrogen-bond acceptors (Lipinski definition) is 2. The van der Waals surface area contributed by atoms with E-state index >= 15 is 0 Å². The molecule has 0 aliphatic heterocycles. The van der Waals surface area contributed by atoms with Crippen molar-refractivity contribution in [2.24, 2.45) is 17.4 Å². The number of halogens is 1. The summed E-state index contributed by atoms with van der Waals surface area (Å²) >= 11 is 0. The highest BCUT2D eigenvalue weighted by Gasteiger charge is 2.27. The fraction of sp³-hybridized carbons (Fsp3) is 0.263. The predicted octanol–water partition coefficient (Wildman–Crippen LogP) is 2.95. The molecule has 0 atom stereocenters. The molecular weight excluding hydrogens is 307 g/mol. The fourth-order valence-electron chi connectivity index (χ4n) is 3.04. The molecule has 0 bridgehead atoms. The molecule has 1 saturated carbocycles. The van der Waals surface area contributed by atoms with Crippen molar-refractivity contribution in [3.05, 3.63) is 58.4 Å². The average molecular weight is 326 g/mol. The van der Waals surface area contributed by atoms with Crippen LogP contribution in [0, 0.1) is 18.7 Å². The standard InChI is InChI=1S/C19H19FN2O2/c1-10-16(20)9-15(19(22)24)14(8-11-2-3-11)17(10)12-4-6-13(7-5-12)18(21)23/h4-7,9,11H,2-3,8H2,1H3,(H2,21,23)(H2,22,24). The Morgan fingerprint density at radius 1 is 1.12 bits per heavy atom. The lowest BCUT2D eigenvalue weighted by Crippen LogP contribution is -2.16. The second kappa shape index (κ2) is 6.07. The minimum absolute atomic E-state index is 0.235. The monoisotopic (exact) mass is 326 g/mol. The Balaban J connectivity index is 2.20. The van der Waals surface area contributed by atoms with Gasteiger partial charge in [0.1, 0.15) is 5.82 Å². The van der Waals surface area contributed by atoms with Crippen LogP contribution >= 0.6 is 0 Å². The van der Waals surface area contributed by atoms with E-state index < -0.39 is 17.6 Å². The molecule has 0 spiro atoms. The highest BCUT2D eigenvalue weighted by Crippen LogP contribution is 2.39. The van der Waals surface area contributed by atoms with Crippen LogP contribution in [0.15, 0.2) is 30.3 Å². The molecule has 1 aliphatic carbocycles. The van der Waals surface area contributed by atoms with Gasteiger partial charge in [-0.25, -0.2) is 4.39 Å². The number of rotatable bonds is 5. The van der Waals surface area contributed by atoms with Gasteiger partial charge in [0.15, 0.2) is 0 Å². The van der Waals surface area contributed by atoms with E-state index in [4.69, 9.17) is 11.5 Å². The summed E-state index contributed by atoms with van der Waals surface area (Å²) in [4.78, 5) is 23.0. The van der Waals surface area contributed by atoms with Crippen molar-refractivity contribution in [1.82, 2.24) is 0 Å². The number of primary amides is 2. The summed E-state index contributed by atoms with van der Waals surface area (Å²) in [7, 11) is 0. The van der Waals surface area contributed by atoms with E-state index in [2.05, 4.69) is 0 Å². The maximum atomic E-state index is 14.3. The molecule has 3 rings (SSSR count). The first-order valence-corrected chi connectivity index (χ1v) is 7.90. The molecule has 1 fully saturated rings. The molecule has 5 heteroatoms. The molecule has 4 N–H and O–H groups in total. The summed E-state index contributed by atoms with van der Waals surface area (Å²) < 4.78 is 14.3. The highest BCUT2D eigenvalue weighted by molar-refractivity contribution is 5.97. The number of hydrogen-bond donors (Lipinski definition) is 2. The van der Waals surface area contributed by atoms with Crippen LogP contribution in [0.5, 0.6) is 0 Å². The summed E-state index contributed by atoms with van der Waals surface area (Å²) in [6, 6.07) is 7.89. The Morgan fingerprint density at radius 3 is 2.25 bits per heavy atom. The number of carbonyl (C=O) groups excluding carboxylic acids is 2. The van der Waals surface area contributed by atoms with E-state index in [1.54, 1.807) is 31.2 Å². The smallest absolute Gasteiger partial charge is 0.249 e. The third-order valence-electron chi connectivity index (χ3n) is 4.54. The quantitative estimate of drug-likeness (QED) is 0.885. The third kappa shape index (κ3) is 3.02. The lowest BCUT2D eigenvalue weighted by Gasteiger charge is -2.17. The molecule has 0 heterocycles. The second-order valence-corrected chi connectivity index (χ2v) is 6.34. The Bertz CT molecular complexity index is 824. The second-order valence-electron chi connectivity index (χ2n) is 6.34. The van der Waals surface area contributed by atoms with Gasteiger partial charge in [-0.15, -0.1) is 0 Å². The number of benzene rings is 2. The topological polar surface area (TPSA) is 86.2 Å². The molecule has 0 radical (unpaired) electrons. The summed E-state index contributed by atoms with van der Waals surface area (Å²) in [6.07, 6.45) is 2.91. The van der Waals surface area contributed by atoms with Crippen LogP contribution < -0.4 is 11.5 Å². The normalized spacial score (nSPS) is 13.8. The predicted molar refractivity (Wildman–Crippen MR) is 90.0 cm³/mol. The average Bonchev–Trinajstić information content (AvgIpc) is 3.35. The van der Waals surface area contributed by atoms with E-state index in [1.165, 1.54) is 6.07 Å². The number of carbonyl (C=O) groups is 2. The van der Waals surface area contributed by atoms with Crippen LogP contribution in [0.25, 0.3) is 11.1 Å². The largest absolute Gasteiger partial charge is 0.366 e. The minimum Gasteiger partial charge on any atom is -0.366 e. The summed E-state index contributed by atoms with van der Waals surface area (Å²) in [5.74, 6) is -1.10. The van der Waals surface area contributed by atoms with Gasteiger partial charge in [0, 0.05) is 11.1 Å². The van der Waals surface area contributed by atoms with Crippen molar-refractivity contribution in [1.29, 1.82) is 0 Å². The first-order valence-electron chi connectivity index (χ1n) is 7.90. The van der Waals surface area contributed by atoms with Crippen molar-refractivity contribution >= 4 is 11.8 Å². The van der Waals surface area contributed by atoms with E-state index in [0.717, 1.165) is 24.0 Å². The maximum Gasteiger partial charge on any atom is 0.249 e. The number of amides is 2. The summed E-state index contributed by atoms with van der Waals surface area (Å²) in [5.41, 5.74) is 14.0. The van der Waals surface area contributed by atoms with Gasteiger partial charge in [-0.1, -0.05) is 12.1 Å². The Hall–Kier alpha value is -2.69. The van der Waals surface area contributed by atoms with Gasteiger partial charge in [-0.05, 0) is 72.6 Å². The van der Waals surface area contributed by atoms with E-state index in [1.807, 2.05) is 0 Å². The molecular formula is C19H19FN2O2. The zero-order valence-electron chi connectivity index (χ0n) is 13.4. The molecule has 0 saturated heterocycles. The molecule has 2 aromatic rings. The Labute approximate surface area is 139 Å². The Kier molecular flexibility index (Phi) is 4.09. The summed E-state index contributed by atoms with van der Waals surface area (Å²) in [5, 5.41) is 0. The van der Waals surface area contributed by atoms with E-state index in [0.29, 0.717) is 29.0 Å². The van der Waals surface area contributed by atoms with Crippen LogP contribution in [0.2, 0.25) is 0 Å². The van der Waals surface area contributed by atoms with Gasteiger partial charge in [0.05, 0.1) is 0 Å². The molecule has 1 aliphatic rings. The van der Waals surface area contributed by atoms with Crippen LogP contribution in [0.4, 0.5) is 4.39 Å². The minimum atomic E-state index is -0.625. The van der Waals surface area contributed by atoms with Gasteiger partial charge in [-0.3, -0.25) is 9.59 Å². The van der Waals surface area contributed by atoms with Gasteiger partial charge in [0.2, 0.25) is 11.8 Å². The number of nitrogens with two attached hydrogens (primary N) is 2. The van der Waals surface area contributed by atoms with Gasteiger partial charge in [0.25, 0.3) is 0 Å². The zero-order chi connectivity index (χ0) is 17.4. The van der Waals surface area contributed by atoms with Crippen molar-refractivity contribution < 1.29 is 14.0 Å². The van der Waals surface area contributed by atoms with E-state index in [-0.39, 0.29) is 5.56 Å². The molecule has 2 aromatic carbocycles. The molecule has 24 heavy (non-hydrogen) atoms.